The fourth-order valence-corrected chi connectivity index (χ4v) is 2.38. The van der Waals surface area contributed by atoms with Gasteiger partial charge < -0.3 is 15.3 Å². The second-order valence-corrected chi connectivity index (χ2v) is 5.26. The van der Waals surface area contributed by atoms with E-state index in [0.717, 1.165) is 12.8 Å². The normalized spacial score (nSPS) is 16.0. The van der Waals surface area contributed by atoms with Gasteiger partial charge in [-0.2, -0.15) is 0 Å². The maximum absolute atomic E-state index is 12.0. The Bertz CT molecular complexity index is 499. The number of aliphatic hydroxyl groups is 1. The Hall–Kier alpha value is -1.59. The van der Waals surface area contributed by atoms with Gasteiger partial charge in [0.05, 0.1) is 10.7 Å². The molecule has 6 heteroatoms. The number of nitrogens with one attached hydrogen (secondary N) is 1. The van der Waals surface area contributed by atoms with Crippen molar-refractivity contribution < 1.29 is 14.7 Å². The minimum Gasteiger partial charge on any atom is -0.396 e. The second-order valence-electron chi connectivity index (χ2n) is 4.85. The van der Waals surface area contributed by atoms with Gasteiger partial charge in [-0.1, -0.05) is 23.7 Å². The Morgan fingerprint density at radius 3 is 2.55 bits per heavy atom. The van der Waals surface area contributed by atoms with E-state index in [1.54, 1.807) is 24.3 Å². The highest BCUT2D eigenvalue weighted by atomic mass is 35.5. The molecule has 2 N–H and O–H groups in total. The van der Waals surface area contributed by atoms with Crippen molar-refractivity contribution in [1.29, 1.82) is 0 Å². The summed E-state index contributed by atoms with van der Waals surface area (Å²) in [5.74, 6) is -1.01. The third kappa shape index (κ3) is 3.49. The highest BCUT2D eigenvalue weighted by molar-refractivity contribution is 6.41. The Balaban J connectivity index is 1.93. The average Bonchev–Trinajstić information content (AvgIpc) is 2.49. The lowest BCUT2D eigenvalue weighted by molar-refractivity contribution is -0.144. The molecule has 2 rings (SSSR count). The van der Waals surface area contributed by atoms with Crippen molar-refractivity contribution in [3.63, 3.8) is 0 Å². The van der Waals surface area contributed by atoms with Gasteiger partial charge in [-0.3, -0.25) is 9.59 Å². The van der Waals surface area contributed by atoms with Crippen LogP contribution in [0.1, 0.15) is 12.8 Å². The van der Waals surface area contributed by atoms with E-state index >= 15 is 0 Å². The first kappa shape index (κ1) is 14.8. The van der Waals surface area contributed by atoms with Gasteiger partial charge in [0.15, 0.2) is 0 Å². The zero-order valence-electron chi connectivity index (χ0n) is 11.0. The molecule has 2 amide bonds. The van der Waals surface area contributed by atoms with Crippen molar-refractivity contribution >= 4 is 29.1 Å². The van der Waals surface area contributed by atoms with Crippen LogP contribution in [0.15, 0.2) is 24.3 Å². The summed E-state index contributed by atoms with van der Waals surface area (Å²) in [5, 5.41) is 12.0. The number of para-hydroxylation sites is 1. The number of amides is 2. The molecule has 5 nitrogen and oxygen atoms in total. The Morgan fingerprint density at radius 2 is 1.95 bits per heavy atom. The van der Waals surface area contributed by atoms with E-state index in [0.29, 0.717) is 23.8 Å². The molecule has 108 valence electrons. The lowest BCUT2D eigenvalue weighted by Crippen LogP contribution is -2.44. The first-order valence-electron chi connectivity index (χ1n) is 6.57. The topological polar surface area (TPSA) is 69.6 Å². The van der Waals surface area contributed by atoms with E-state index in [1.807, 2.05) is 0 Å². The van der Waals surface area contributed by atoms with Gasteiger partial charge in [0, 0.05) is 19.7 Å². The van der Waals surface area contributed by atoms with Crippen molar-refractivity contribution in [1.82, 2.24) is 4.90 Å². The number of piperidine rings is 1. The van der Waals surface area contributed by atoms with Crippen molar-refractivity contribution in [3.8, 4) is 0 Å². The molecular formula is C14H17ClN2O3. The Kier molecular flexibility index (Phi) is 4.98. The molecule has 0 saturated carbocycles. The van der Waals surface area contributed by atoms with Crippen molar-refractivity contribution in [2.75, 3.05) is 25.0 Å². The van der Waals surface area contributed by atoms with Gasteiger partial charge in [-0.25, -0.2) is 0 Å². The van der Waals surface area contributed by atoms with Gasteiger partial charge in [0.25, 0.3) is 0 Å². The number of hydrogen-bond donors (Lipinski definition) is 2. The van der Waals surface area contributed by atoms with E-state index in [1.165, 1.54) is 4.90 Å². The molecule has 1 heterocycles. The number of likely N-dealkylation sites (tertiary alicyclic amines) is 1. The van der Waals surface area contributed by atoms with Crippen LogP contribution in [0.2, 0.25) is 5.02 Å². The molecule has 0 aromatic heterocycles. The minimum atomic E-state index is -0.680. The summed E-state index contributed by atoms with van der Waals surface area (Å²) in [4.78, 5) is 25.4. The van der Waals surface area contributed by atoms with E-state index in [2.05, 4.69) is 5.32 Å². The van der Waals surface area contributed by atoms with Crippen LogP contribution in [0.5, 0.6) is 0 Å². The van der Waals surface area contributed by atoms with E-state index in [4.69, 9.17) is 16.7 Å². The number of carbonyl (C=O) groups is 2. The number of halogens is 1. The van der Waals surface area contributed by atoms with Crippen LogP contribution in [-0.2, 0) is 9.59 Å². The molecule has 0 atom stereocenters. The van der Waals surface area contributed by atoms with Gasteiger partial charge >= 0.3 is 11.8 Å². The maximum atomic E-state index is 12.0. The van der Waals surface area contributed by atoms with Gasteiger partial charge in [0.2, 0.25) is 0 Å². The molecule has 1 fully saturated rings. The quantitative estimate of drug-likeness (QED) is 0.813. The minimum absolute atomic E-state index is 0.133. The SMILES string of the molecule is O=C(Nc1ccccc1Cl)C(=O)N1CCC(CO)CC1. The Morgan fingerprint density at radius 1 is 1.30 bits per heavy atom. The van der Waals surface area contributed by atoms with Gasteiger partial charge in [-0.05, 0) is 30.9 Å². The molecule has 0 aliphatic carbocycles. The molecule has 1 saturated heterocycles. The van der Waals surface area contributed by atoms with Crippen molar-refractivity contribution in [3.05, 3.63) is 29.3 Å². The number of aliphatic hydroxyl groups excluding tert-OH is 1. The summed E-state index contributed by atoms with van der Waals surface area (Å²) in [7, 11) is 0. The molecule has 20 heavy (non-hydrogen) atoms. The molecular weight excluding hydrogens is 280 g/mol. The fraction of sp³-hybridized carbons (Fsp3) is 0.429. The second kappa shape index (κ2) is 6.72. The van der Waals surface area contributed by atoms with Crippen LogP contribution >= 0.6 is 11.6 Å². The number of benzene rings is 1. The lowest BCUT2D eigenvalue weighted by Gasteiger charge is -2.30. The van der Waals surface area contributed by atoms with Crippen LogP contribution in [0.3, 0.4) is 0 Å². The molecule has 1 aromatic rings. The number of hydrogen-bond acceptors (Lipinski definition) is 3. The van der Waals surface area contributed by atoms with Crippen LogP contribution in [0.4, 0.5) is 5.69 Å². The zero-order valence-corrected chi connectivity index (χ0v) is 11.8. The smallest absolute Gasteiger partial charge is 0.313 e. The predicted molar refractivity (Wildman–Crippen MR) is 76.5 cm³/mol. The Labute approximate surface area is 122 Å². The lowest BCUT2D eigenvalue weighted by atomic mass is 9.98. The van der Waals surface area contributed by atoms with Crippen LogP contribution in [-0.4, -0.2) is 41.5 Å². The summed E-state index contributed by atoms with van der Waals surface area (Å²) < 4.78 is 0. The summed E-state index contributed by atoms with van der Waals surface area (Å²) in [5.41, 5.74) is 0.428. The first-order chi connectivity index (χ1) is 9.61. The molecule has 0 spiro atoms. The summed E-state index contributed by atoms with van der Waals surface area (Å²) in [6.07, 6.45) is 1.45. The standard InChI is InChI=1S/C14H17ClN2O3/c15-11-3-1-2-4-12(11)16-13(19)14(20)17-7-5-10(9-18)6-8-17/h1-4,10,18H,5-9H2,(H,16,19). The number of anilines is 1. The third-order valence-electron chi connectivity index (χ3n) is 3.48. The van der Waals surface area contributed by atoms with Gasteiger partial charge in [0.1, 0.15) is 0 Å². The molecule has 1 aliphatic rings. The van der Waals surface area contributed by atoms with Crippen molar-refractivity contribution in [2.45, 2.75) is 12.8 Å². The van der Waals surface area contributed by atoms with E-state index in [-0.39, 0.29) is 12.5 Å². The molecule has 0 radical (unpaired) electrons. The maximum Gasteiger partial charge on any atom is 0.313 e. The number of nitrogens with zero attached hydrogens (tertiary/aromatic N) is 1. The zero-order chi connectivity index (χ0) is 14.5. The predicted octanol–water partition coefficient (Wildman–Crippen LogP) is 1.51. The van der Waals surface area contributed by atoms with Crippen molar-refractivity contribution in [2.24, 2.45) is 5.92 Å². The average molecular weight is 297 g/mol. The van der Waals surface area contributed by atoms with Crippen LogP contribution in [0.25, 0.3) is 0 Å². The van der Waals surface area contributed by atoms with E-state index < -0.39 is 11.8 Å². The molecule has 0 unspecified atom stereocenters. The monoisotopic (exact) mass is 296 g/mol. The van der Waals surface area contributed by atoms with Gasteiger partial charge in [-0.15, -0.1) is 0 Å². The number of rotatable bonds is 2. The van der Waals surface area contributed by atoms with Crippen LogP contribution < -0.4 is 5.32 Å². The van der Waals surface area contributed by atoms with E-state index in [9.17, 15) is 9.59 Å². The molecule has 1 aliphatic heterocycles. The highest BCUT2D eigenvalue weighted by Crippen LogP contribution is 2.21. The number of carbonyl (C=O) groups excluding carboxylic acids is 2. The largest absolute Gasteiger partial charge is 0.396 e. The fourth-order valence-electron chi connectivity index (χ4n) is 2.20. The molecule has 1 aromatic carbocycles. The first-order valence-corrected chi connectivity index (χ1v) is 6.95. The van der Waals surface area contributed by atoms with Crippen LogP contribution in [0, 0.1) is 5.92 Å². The summed E-state index contributed by atoms with van der Waals surface area (Å²) in [6, 6.07) is 6.78. The molecule has 0 bridgehead atoms. The third-order valence-corrected chi connectivity index (χ3v) is 3.81. The summed E-state index contributed by atoms with van der Waals surface area (Å²) >= 11 is 5.93. The highest BCUT2D eigenvalue weighted by Gasteiger charge is 2.26. The summed E-state index contributed by atoms with van der Waals surface area (Å²) in [6.45, 7) is 1.13.